The van der Waals surface area contributed by atoms with Crippen molar-refractivity contribution in [1.29, 1.82) is 0 Å². The van der Waals surface area contributed by atoms with Gasteiger partial charge in [-0.1, -0.05) is 36.7 Å². The number of hydrogen-bond acceptors (Lipinski definition) is 5. The van der Waals surface area contributed by atoms with Crippen LogP contribution in [0.1, 0.15) is 18.6 Å². The second-order valence-corrected chi connectivity index (χ2v) is 6.04. The molecule has 1 aromatic rings. The molecule has 0 unspecified atom stereocenters. The number of esters is 1. The first-order valence-electron chi connectivity index (χ1n) is 6.10. The Morgan fingerprint density at radius 2 is 2.20 bits per heavy atom. The summed E-state index contributed by atoms with van der Waals surface area (Å²) in [4.78, 5) is 10.3. The van der Waals surface area contributed by atoms with Crippen LogP contribution in [0.15, 0.2) is 36.1 Å². The number of cyclic esters (lactones) is 1. The lowest BCUT2D eigenvalue weighted by atomic mass is 10.0. The Morgan fingerprint density at radius 3 is 2.80 bits per heavy atom. The van der Waals surface area contributed by atoms with Crippen molar-refractivity contribution < 1.29 is 19.4 Å². The van der Waals surface area contributed by atoms with Crippen molar-refractivity contribution in [3.05, 3.63) is 46.7 Å². The molecule has 0 saturated carbocycles. The summed E-state index contributed by atoms with van der Waals surface area (Å²) in [5, 5.41) is 11.1. The maximum absolute atomic E-state index is 11.6. The van der Waals surface area contributed by atoms with Gasteiger partial charge in [0.05, 0.1) is 13.2 Å². The fourth-order valence-corrected chi connectivity index (χ4v) is 3.50. The average molecular weight is 315 g/mol. The van der Waals surface area contributed by atoms with Gasteiger partial charge in [-0.25, -0.2) is 4.79 Å². The van der Waals surface area contributed by atoms with Gasteiger partial charge in [-0.3, -0.25) is 0 Å². The molecule has 1 aliphatic rings. The molecule has 1 N–H and O–H groups in total. The van der Waals surface area contributed by atoms with Crippen LogP contribution in [0, 0.1) is 0 Å². The first-order chi connectivity index (χ1) is 9.55. The number of carbonyl (C=O) groups is 1. The van der Waals surface area contributed by atoms with E-state index in [0.717, 1.165) is 0 Å². The number of halogens is 1. The summed E-state index contributed by atoms with van der Waals surface area (Å²) in [7, 11) is 1.44. The minimum absolute atomic E-state index is 0.293. The molecule has 0 fully saturated rings. The van der Waals surface area contributed by atoms with Gasteiger partial charge in [0.15, 0.2) is 5.76 Å². The van der Waals surface area contributed by atoms with Crippen molar-refractivity contribution in [2.45, 2.75) is 18.0 Å². The predicted octanol–water partition coefficient (Wildman–Crippen LogP) is 2.91. The van der Waals surface area contributed by atoms with Crippen LogP contribution in [-0.2, 0) is 14.3 Å². The third-order valence-corrected chi connectivity index (χ3v) is 4.55. The van der Waals surface area contributed by atoms with Crippen molar-refractivity contribution >= 4 is 29.3 Å². The highest BCUT2D eigenvalue weighted by Crippen LogP contribution is 2.49. The standard InChI is InChI=1S/C14H15ClO4S/c1-3-20-14(11(18-2)8-12(16)19-14)13(17)9-6-4-5-7-10(9)15/h4-8,13,17H,3H2,1-2H3/t13-,14-/m0/s1. The van der Waals surface area contributed by atoms with Gasteiger partial charge in [0.2, 0.25) is 4.93 Å². The molecule has 0 spiro atoms. The van der Waals surface area contributed by atoms with Crippen molar-refractivity contribution in [3.63, 3.8) is 0 Å². The van der Waals surface area contributed by atoms with Crippen molar-refractivity contribution in [2.24, 2.45) is 0 Å². The molecule has 108 valence electrons. The molecule has 2 atom stereocenters. The molecule has 6 heteroatoms. The first kappa shape index (κ1) is 15.2. The number of carbonyl (C=O) groups excluding carboxylic acids is 1. The molecular formula is C14H15ClO4S. The molecule has 0 aliphatic carbocycles. The molecule has 0 radical (unpaired) electrons. The van der Waals surface area contributed by atoms with Crippen LogP contribution in [0.3, 0.4) is 0 Å². The third kappa shape index (κ3) is 2.53. The number of hydrogen-bond donors (Lipinski definition) is 1. The zero-order chi connectivity index (χ0) is 14.8. The molecule has 20 heavy (non-hydrogen) atoms. The van der Waals surface area contributed by atoms with E-state index in [-0.39, 0.29) is 0 Å². The summed E-state index contributed by atoms with van der Waals surface area (Å²) >= 11 is 7.41. The summed E-state index contributed by atoms with van der Waals surface area (Å²) in [6.07, 6.45) is 0.140. The van der Waals surface area contributed by atoms with Crippen molar-refractivity contribution in [2.75, 3.05) is 12.9 Å². The van der Waals surface area contributed by atoms with Gasteiger partial charge < -0.3 is 14.6 Å². The smallest absolute Gasteiger partial charge is 0.336 e. The second-order valence-electron chi connectivity index (χ2n) is 4.16. The largest absolute Gasteiger partial charge is 0.495 e. The van der Waals surface area contributed by atoms with Crippen LogP contribution < -0.4 is 0 Å². The van der Waals surface area contributed by atoms with Crippen molar-refractivity contribution in [3.8, 4) is 0 Å². The zero-order valence-electron chi connectivity index (χ0n) is 11.1. The maximum Gasteiger partial charge on any atom is 0.336 e. The lowest BCUT2D eigenvalue weighted by Gasteiger charge is -2.33. The number of thioether (sulfide) groups is 1. The maximum atomic E-state index is 11.6. The van der Waals surface area contributed by atoms with Crippen LogP contribution in [0.25, 0.3) is 0 Å². The lowest BCUT2D eigenvalue weighted by Crippen LogP contribution is -2.37. The van der Waals surface area contributed by atoms with Crippen LogP contribution in [-0.4, -0.2) is 28.9 Å². The normalized spacial score (nSPS) is 23.2. The third-order valence-electron chi connectivity index (χ3n) is 2.98. The average Bonchev–Trinajstić information content (AvgIpc) is 2.76. The molecule has 0 saturated heterocycles. The summed E-state index contributed by atoms with van der Waals surface area (Å²) in [5.74, 6) is 0.394. The topological polar surface area (TPSA) is 55.8 Å². The highest BCUT2D eigenvalue weighted by molar-refractivity contribution is 8.00. The zero-order valence-corrected chi connectivity index (χ0v) is 12.7. The van der Waals surface area contributed by atoms with Gasteiger partial charge >= 0.3 is 5.97 Å². The Kier molecular flexibility index (Phi) is 4.62. The van der Waals surface area contributed by atoms with E-state index >= 15 is 0 Å². The van der Waals surface area contributed by atoms with Crippen LogP contribution in [0.5, 0.6) is 0 Å². The summed E-state index contributed by atoms with van der Waals surface area (Å²) in [6.45, 7) is 1.91. The molecule has 1 heterocycles. The van der Waals surface area contributed by atoms with E-state index in [2.05, 4.69) is 0 Å². The quantitative estimate of drug-likeness (QED) is 0.847. The van der Waals surface area contributed by atoms with E-state index in [1.54, 1.807) is 24.3 Å². The summed E-state index contributed by atoms with van der Waals surface area (Å²) in [5.41, 5.74) is 0.493. The summed E-state index contributed by atoms with van der Waals surface area (Å²) in [6, 6.07) is 6.91. The Bertz CT molecular complexity index is 546. The van der Waals surface area contributed by atoms with Gasteiger partial charge in [0, 0.05) is 10.6 Å². The lowest BCUT2D eigenvalue weighted by molar-refractivity contribution is -0.147. The highest BCUT2D eigenvalue weighted by Gasteiger charge is 2.52. The minimum Gasteiger partial charge on any atom is -0.495 e. The molecule has 2 rings (SSSR count). The Morgan fingerprint density at radius 1 is 1.50 bits per heavy atom. The van der Waals surface area contributed by atoms with Gasteiger partial charge in [0.1, 0.15) is 6.10 Å². The van der Waals surface area contributed by atoms with E-state index < -0.39 is 17.0 Å². The van der Waals surface area contributed by atoms with E-state index in [9.17, 15) is 9.90 Å². The molecular weight excluding hydrogens is 300 g/mol. The molecule has 0 amide bonds. The Balaban J connectivity index is 2.46. The van der Waals surface area contributed by atoms with Gasteiger partial charge in [-0.05, 0) is 11.8 Å². The molecule has 1 aromatic carbocycles. The number of ether oxygens (including phenoxy) is 2. The van der Waals surface area contributed by atoms with Crippen LogP contribution >= 0.6 is 23.4 Å². The van der Waals surface area contributed by atoms with Gasteiger partial charge in [0.25, 0.3) is 0 Å². The Labute approximate surface area is 126 Å². The van der Waals surface area contributed by atoms with Gasteiger partial charge in [-0.2, -0.15) is 0 Å². The van der Waals surface area contributed by atoms with E-state index in [4.69, 9.17) is 21.1 Å². The number of methoxy groups -OCH3 is 1. The molecule has 0 aromatic heterocycles. The number of rotatable bonds is 5. The first-order valence-corrected chi connectivity index (χ1v) is 7.47. The fourth-order valence-electron chi connectivity index (χ4n) is 2.12. The predicted molar refractivity (Wildman–Crippen MR) is 78.5 cm³/mol. The van der Waals surface area contributed by atoms with Gasteiger partial charge in [-0.15, -0.1) is 11.8 Å². The second kappa shape index (κ2) is 6.08. The van der Waals surface area contributed by atoms with Crippen LogP contribution in [0.2, 0.25) is 5.02 Å². The van der Waals surface area contributed by atoms with E-state index in [0.29, 0.717) is 22.1 Å². The molecule has 0 bridgehead atoms. The highest BCUT2D eigenvalue weighted by atomic mass is 35.5. The Hall–Kier alpha value is -1.17. The minimum atomic E-state index is -1.29. The van der Waals surface area contributed by atoms with Crippen molar-refractivity contribution in [1.82, 2.24) is 0 Å². The number of benzene rings is 1. The SMILES string of the molecule is CCS[C@@]1([C@@H](O)c2ccccc2Cl)OC(=O)C=C1OC. The fraction of sp³-hybridized carbons (Fsp3) is 0.357. The van der Waals surface area contributed by atoms with E-state index in [1.807, 2.05) is 6.92 Å². The molecule has 1 aliphatic heterocycles. The number of aliphatic hydroxyl groups excluding tert-OH is 1. The number of aliphatic hydroxyl groups is 1. The summed E-state index contributed by atoms with van der Waals surface area (Å²) < 4.78 is 10.6. The molecule has 4 nitrogen and oxygen atoms in total. The monoisotopic (exact) mass is 314 g/mol. The van der Waals surface area contributed by atoms with Crippen LogP contribution in [0.4, 0.5) is 0 Å². The van der Waals surface area contributed by atoms with E-state index in [1.165, 1.54) is 24.9 Å².